The highest BCUT2D eigenvalue weighted by Crippen LogP contribution is 2.33. The minimum Gasteiger partial charge on any atom is -0.376 e. The Labute approximate surface area is 200 Å². The van der Waals surface area contributed by atoms with Crippen LogP contribution in [0, 0.1) is 12.7 Å². The summed E-state index contributed by atoms with van der Waals surface area (Å²) in [7, 11) is 3.96. The van der Waals surface area contributed by atoms with Gasteiger partial charge in [-0.15, -0.1) is 0 Å². The minimum atomic E-state index is -0.280. The summed E-state index contributed by atoms with van der Waals surface area (Å²) in [4.78, 5) is 19.3. The molecule has 0 radical (unpaired) electrons. The largest absolute Gasteiger partial charge is 0.376 e. The number of aromatic amines is 2. The van der Waals surface area contributed by atoms with E-state index in [1.807, 2.05) is 68.6 Å². The quantitative estimate of drug-likeness (QED) is 0.348. The molecule has 35 heavy (non-hydrogen) atoms. The van der Waals surface area contributed by atoms with Gasteiger partial charge in [0.2, 0.25) is 0 Å². The monoisotopic (exact) mass is 463 g/mol. The van der Waals surface area contributed by atoms with Gasteiger partial charge >= 0.3 is 0 Å². The maximum Gasteiger partial charge on any atom is 0.135 e. The molecule has 0 spiro atoms. The molecule has 0 aliphatic rings. The lowest BCUT2D eigenvalue weighted by molar-refractivity contribution is 0.627. The van der Waals surface area contributed by atoms with E-state index in [0.29, 0.717) is 11.4 Å². The summed E-state index contributed by atoms with van der Waals surface area (Å²) < 4.78 is 14.1. The molecule has 0 unspecified atom stereocenters. The van der Waals surface area contributed by atoms with Gasteiger partial charge in [-0.25, -0.2) is 9.37 Å². The van der Waals surface area contributed by atoms with E-state index < -0.39 is 0 Å². The second kappa shape index (κ2) is 8.02. The third-order valence-corrected chi connectivity index (χ3v) is 6.06. The first-order valence-corrected chi connectivity index (χ1v) is 11.2. The van der Waals surface area contributed by atoms with Crippen molar-refractivity contribution in [2.24, 2.45) is 0 Å². The van der Waals surface area contributed by atoms with E-state index in [-0.39, 0.29) is 5.82 Å². The number of hydrogen-bond donors (Lipinski definition) is 2. The number of hydrogen-bond acceptors (Lipinski definition) is 5. The van der Waals surface area contributed by atoms with Crippen molar-refractivity contribution in [3.63, 3.8) is 0 Å². The van der Waals surface area contributed by atoms with Crippen LogP contribution < -0.4 is 4.90 Å². The number of anilines is 1. The van der Waals surface area contributed by atoms with Gasteiger partial charge in [-0.1, -0.05) is 0 Å². The van der Waals surface area contributed by atoms with Crippen molar-refractivity contribution in [1.29, 1.82) is 0 Å². The minimum absolute atomic E-state index is 0.280. The molecule has 8 heteroatoms. The van der Waals surface area contributed by atoms with E-state index in [1.165, 1.54) is 12.1 Å². The molecule has 1 aromatic carbocycles. The lowest BCUT2D eigenvalue weighted by Crippen LogP contribution is -2.08. The first-order valence-electron chi connectivity index (χ1n) is 11.2. The molecule has 6 rings (SSSR count). The Morgan fingerprint density at radius 1 is 0.886 bits per heavy atom. The van der Waals surface area contributed by atoms with Crippen LogP contribution in [0.25, 0.3) is 55.8 Å². The number of halogens is 1. The third kappa shape index (κ3) is 3.69. The summed E-state index contributed by atoms with van der Waals surface area (Å²) >= 11 is 0. The fourth-order valence-corrected chi connectivity index (χ4v) is 4.34. The molecule has 2 N–H and O–H groups in total. The van der Waals surface area contributed by atoms with E-state index in [2.05, 4.69) is 31.2 Å². The molecular weight excluding hydrogens is 441 g/mol. The first kappa shape index (κ1) is 21.0. The highest BCUT2D eigenvalue weighted by atomic mass is 19.1. The van der Waals surface area contributed by atoms with Crippen molar-refractivity contribution in [2.45, 2.75) is 6.92 Å². The zero-order valence-electron chi connectivity index (χ0n) is 19.5. The van der Waals surface area contributed by atoms with Crippen LogP contribution in [0.2, 0.25) is 0 Å². The van der Waals surface area contributed by atoms with Crippen LogP contribution in [0.15, 0.2) is 67.1 Å². The second-order valence-electron chi connectivity index (χ2n) is 8.81. The topological polar surface area (TPSA) is 86.4 Å². The highest BCUT2D eigenvalue weighted by Gasteiger charge is 2.16. The predicted molar refractivity (Wildman–Crippen MR) is 137 cm³/mol. The van der Waals surface area contributed by atoms with Crippen molar-refractivity contribution < 1.29 is 4.39 Å². The van der Waals surface area contributed by atoms with E-state index in [9.17, 15) is 4.39 Å². The average molecular weight is 464 g/mol. The Morgan fingerprint density at radius 3 is 2.60 bits per heavy atom. The molecule has 5 heterocycles. The summed E-state index contributed by atoms with van der Waals surface area (Å²) in [6.07, 6.45) is 5.35. The normalized spacial score (nSPS) is 11.4. The molecule has 0 fully saturated rings. The van der Waals surface area contributed by atoms with Crippen LogP contribution in [0.1, 0.15) is 5.56 Å². The van der Waals surface area contributed by atoms with Gasteiger partial charge in [0.15, 0.2) is 0 Å². The lowest BCUT2D eigenvalue weighted by atomic mass is 10.0. The highest BCUT2D eigenvalue weighted by molar-refractivity contribution is 5.99. The number of nitrogens with one attached hydrogen (secondary N) is 2. The van der Waals surface area contributed by atoms with E-state index in [0.717, 1.165) is 55.7 Å². The number of benzene rings is 1. The second-order valence-corrected chi connectivity index (χ2v) is 8.81. The van der Waals surface area contributed by atoms with Gasteiger partial charge in [0.25, 0.3) is 0 Å². The predicted octanol–water partition coefficient (Wildman–Crippen LogP) is 5.74. The summed E-state index contributed by atoms with van der Waals surface area (Å²) in [5, 5.41) is 8.52. The molecule has 0 saturated carbocycles. The Balaban J connectivity index is 1.48. The first-order chi connectivity index (χ1) is 17.0. The van der Waals surface area contributed by atoms with Crippen LogP contribution in [-0.2, 0) is 0 Å². The molecule has 0 aliphatic heterocycles. The Kier molecular flexibility index (Phi) is 4.81. The number of aromatic nitrogens is 6. The van der Waals surface area contributed by atoms with Crippen LogP contribution in [0.5, 0.6) is 0 Å². The fourth-order valence-electron chi connectivity index (χ4n) is 4.34. The zero-order chi connectivity index (χ0) is 24.1. The molecular formula is C27H22FN7. The van der Waals surface area contributed by atoms with Crippen molar-refractivity contribution in [3.05, 3.63) is 78.5 Å². The fraction of sp³-hybridized carbons (Fsp3) is 0.111. The molecule has 5 aromatic heterocycles. The summed E-state index contributed by atoms with van der Waals surface area (Å²) in [6, 6.07) is 14.8. The number of fused-ring (bicyclic) bond motifs is 2. The standard InChI is InChI=1S/C27H22FN7/c1-15-8-16(10-18(28)9-15)25-20-12-24(31-22(20)6-7-30-25)27-26-23(33-34-27)5-4-21(32-26)17-11-19(35(2)3)14-29-13-17/h4-14,31H,1-3H3,(H,33,34). The number of nitrogens with zero attached hydrogens (tertiary/aromatic N) is 5. The van der Waals surface area contributed by atoms with E-state index >= 15 is 0 Å². The average Bonchev–Trinajstić information content (AvgIpc) is 3.47. The molecule has 0 atom stereocenters. The Morgan fingerprint density at radius 2 is 1.77 bits per heavy atom. The van der Waals surface area contributed by atoms with Gasteiger partial charge in [0, 0.05) is 48.5 Å². The van der Waals surface area contributed by atoms with Gasteiger partial charge in [0.1, 0.15) is 17.0 Å². The van der Waals surface area contributed by atoms with Gasteiger partial charge in [-0.05, 0) is 61.0 Å². The van der Waals surface area contributed by atoms with Crippen molar-refractivity contribution >= 4 is 27.6 Å². The maximum absolute atomic E-state index is 14.1. The van der Waals surface area contributed by atoms with Crippen LogP contribution >= 0.6 is 0 Å². The van der Waals surface area contributed by atoms with Gasteiger partial charge < -0.3 is 9.88 Å². The van der Waals surface area contributed by atoms with Gasteiger partial charge in [0.05, 0.1) is 34.5 Å². The molecule has 0 bridgehead atoms. The Hall–Kier alpha value is -4.59. The van der Waals surface area contributed by atoms with E-state index in [1.54, 1.807) is 6.20 Å². The molecule has 172 valence electrons. The smallest absolute Gasteiger partial charge is 0.135 e. The number of aryl methyl sites for hydroxylation is 1. The van der Waals surface area contributed by atoms with Crippen molar-refractivity contribution in [2.75, 3.05) is 19.0 Å². The summed E-state index contributed by atoms with van der Waals surface area (Å²) in [5.41, 5.74) is 9.01. The Bertz CT molecular complexity index is 1690. The van der Waals surface area contributed by atoms with Crippen LogP contribution in [0.4, 0.5) is 10.1 Å². The molecule has 7 nitrogen and oxygen atoms in total. The van der Waals surface area contributed by atoms with Gasteiger partial charge in [-0.3, -0.25) is 15.1 Å². The zero-order valence-corrected chi connectivity index (χ0v) is 19.5. The summed E-state index contributed by atoms with van der Waals surface area (Å²) in [5.74, 6) is -0.280. The molecule has 6 aromatic rings. The van der Waals surface area contributed by atoms with Crippen LogP contribution in [0.3, 0.4) is 0 Å². The molecule has 0 amide bonds. The summed E-state index contributed by atoms with van der Waals surface area (Å²) in [6.45, 7) is 1.87. The van der Waals surface area contributed by atoms with Gasteiger partial charge in [-0.2, -0.15) is 5.10 Å². The molecule has 0 aliphatic carbocycles. The van der Waals surface area contributed by atoms with Crippen LogP contribution in [-0.4, -0.2) is 44.2 Å². The maximum atomic E-state index is 14.1. The number of pyridine rings is 3. The van der Waals surface area contributed by atoms with Crippen molar-refractivity contribution in [1.82, 2.24) is 30.1 Å². The third-order valence-electron chi connectivity index (χ3n) is 6.06. The van der Waals surface area contributed by atoms with Crippen molar-refractivity contribution in [3.8, 4) is 33.9 Å². The molecule has 0 saturated heterocycles. The van der Waals surface area contributed by atoms with E-state index in [4.69, 9.17) is 4.98 Å². The lowest BCUT2D eigenvalue weighted by Gasteiger charge is -2.12. The SMILES string of the molecule is Cc1cc(F)cc(-c2nccc3[nH]c(-c4n[nH]c5ccc(-c6cncc(N(C)C)c6)nc45)cc23)c1. The number of H-pyrrole nitrogens is 2. The number of rotatable bonds is 4.